The van der Waals surface area contributed by atoms with Crippen LogP contribution in [0.25, 0.3) is 22.3 Å². The molecule has 118 valence electrons. The molecule has 0 saturated carbocycles. The van der Waals surface area contributed by atoms with E-state index in [9.17, 15) is 0 Å². The van der Waals surface area contributed by atoms with Crippen molar-refractivity contribution in [3.05, 3.63) is 54.4 Å². The quantitative estimate of drug-likeness (QED) is 0.720. The molecule has 1 aromatic carbocycles. The van der Waals surface area contributed by atoms with Gasteiger partial charge in [0.15, 0.2) is 5.82 Å². The molecule has 1 aliphatic heterocycles. The molecule has 4 rings (SSSR count). The van der Waals surface area contributed by atoms with E-state index in [0.29, 0.717) is 0 Å². The van der Waals surface area contributed by atoms with Gasteiger partial charge in [-0.05, 0) is 25.0 Å². The van der Waals surface area contributed by atoms with Gasteiger partial charge >= 0.3 is 0 Å². The zero-order valence-corrected chi connectivity index (χ0v) is 13.8. The summed E-state index contributed by atoms with van der Waals surface area (Å²) in [5, 5.41) is 0. The third kappa shape index (κ3) is 2.94. The van der Waals surface area contributed by atoms with Crippen LogP contribution in [0, 0.1) is 6.92 Å². The number of nitrogens with zero attached hydrogens (tertiary/aromatic N) is 3. The first-order valence-corrected chi connectivity index (χ1v) is 7.64. The molecule has 0 bridgehead atoms. The van der Waals surface area contributed by atoms with Crippen LogP contribution < -0.4 is 4.90 Å². The molecule has 0 saturated heterocycles. The van der Waals surface area contributed by atoms with Gasteiger partial charge in [0, 0.05) is 18.8 Å². The number of H-pyrrole nitrogens is 1. The first-order chi connectivity index (χ1) is 10.8. The lowest BCUT2D eigenvalue weighted by Gasteiger charge is -2.25. The highest BCUT2D eigenvalue weighted by molar-refractivity contribution is 5.91. The van der Waals surface area contributed by atoms with Gasteiger partial charge in [-0.1, -0.05) is 42.5 Å². The molecule has 0 fully saturated rings. The second-order valence-corrected chi connectivity index (χ2v) is 5.61. The first kappa shape index (κ1) is 15.6. The standard InChI is InChI=1S/C18H18N4.ClH/c1-13-19-16-12-15(14-8-4-2-5-9-14)21-17(16)18(20-13)22-10-6-3-7-11-22;/h2-6,8-9,12,21H,7,10-11H2,1H3;1H. The minimum absolute atomic E-state index is 0. The smallest absolute Gasteiger partial charge is 0.157 e. The first-order valence-electron chi connectivity index (χ1n) is 7.64. The average Bonchev–Trinajstić information content (AvgIpc) is 2.99. The summed E-state index contributed by atoms with van der Waals surface area (Å²) in [6, 6.07) is 12.5. The zero-order chi connectivity index (χ0) is 14.9. The molecular formula is C18H19ClN4. The van der Waals surface area contributed by atoms with Crippen LogP contribution in [0.4, 0.5) is 5.82 Å². The molecule has 0 atom stereocenters. The van der Waals surface area contributed by atoms with Crippen LogP contribution in [0.5, 0.6) is 0 Å². The summed E-state index contributed by atoms with van der Waals surface area (Å²) in [4.78, 5) is 15.1. The van der Waals surface area contributed by atoms with E-state index in [1.165, 1.54) is 5.56 Å². The van der Waals surface area contributed by atoms with Crippen molar-refractivity contribution in [2.24, 2.45) is 0 Å². The maximum Gasteiger partial charge on any atom is 0.157 e. The van der Waals surface area contributed by atoms with E-state index in [0.717, 1.165) is 47.9 Å². The fourth-order valence-electron chi connectivity index (χ4n) is 2.95. The van der Waals surface area contributed by atoms with Gasteiger partial charge in [0.2, 0.25) is 0 Å². The molecule has 23 heavy (non-hydrogen) atoms. The van der Waals surface area contributed by atoms with E-state index in [2.05, 4.69) is 50.2 Å². The minimum Gasteiger partial charge on any atom is -0.351 e. The number of benzene rings is 1. The van der Waals surface area contributed by atoms with E-state index >= 15 is 0 Å². The summed E-state index contributed by atoms with van der Waals surface area (Å²) in [6.07, 6.45) is 5.50. The topological polar surface area (TPSA) is 44.8 Å². The fraction of sp³-hybridized carbons (Fsp3) is 0.222. The maximum absolute atomic E-state index is 4.68. The number of anilines is 1. The molecule has 5 heteroatoms. The van der Waals surface area contributed by atoms with Gasteiger partial charge < -0.3 is 9.88 Å². The Labute approximate surface area is 141 Å². The van der Waals surface area contributed by atoms with Gasteiger partial charge in [0.25, 0.3) is 0 Å². The molecule has 4 nitrogen and oxygen atoms in total. The summed E-state index contributed by atoms with van der Waals surface area (Å²) < 4.78 is 0. The van der Waals surface area contributed by atoms with Crippen LogP contribution >= 0.6 is 12.4 Å². The molecule has 3 aromatic rings. The number of rotatable bonds is 2. The second-order valence-electron chi connectivity index (χ2n) is 5.61. The summed E-state index contributed by atoms with van der Waals surface area (Å²) in [5.41, 5.74) is 4.27. The third-order valence-electron chi connectivity index (χ3n) is 4.01. The minimum atomic E-state index is 0. The molecule has 3 heterocycles. The molecule has 0 spiro atoms. The third-order valence-corrected chi connectivity index (χ3v) is 4.01. The normalized spacial score (nSPS) is 14.0. The summed E-state index contributed by atoms with van der Waals surface area (Å²) in [7, 11) is 0. The highest BCUT2D eigenvalue weighted by Gasteiger charge is 2.16. The predicted molar refractivity (Wildman–Crippen MR) is 97.3 cm³/mol. The number of hydrogen-bond acceptors (Lipinski definition) is 3. The number of nitrogens with one attached hydrogen (secondary N) is 1. The molecule has 0 aliphatic carbocycles. The van der Waals surface area contributed by atoms with Gasteiger partial charge in [-0.25, -0.2) is 9.97 Å². The van der Waals surface area contributed by atoms with E-state index in [1.807, 2.05) is 25.1 Å². The Morgan fingerprint density at radius 3 is 2.65 bits per heavy atom. The lowest BCUT2D eigenvalue weighted by atomic mass is 10.2. The molecule has 0 radical (unpaired) electrons. The van der Waals surface area contributed by atoms with Crippen molar-refractivity contribution in [2.45, 2.75) is 13.3 Å². The van der Waals surface area contributed by atoms with Gasteiger partial charge in [-0.2, -0.15) is 0 Å². The Kier molecular flexibility index (Phi) is 4.35. The molecular weight excluding hydrogens is 308 g/mol. The van der Waals surface area contributed by atoms with E-state index in [-0.39, 0.29) is 12.4 Å². The van der Waals surface area contributed by atoms with E-state index in [4.69, 9.17) is 0 Å². The Morgan fingerprint density at radius 2 is 1.91 bits per heavy atom. The predicted octanol–water partition coefficient (Wildman–Crippen LogP) is 4.12. The Morgan fingerprint density at radius 1 is 1.09 bits per heavy atom. The van der Waals surface area contributed by atoms with Crippen LogP contribution in [0.3, 0.4) is 0 Å². The van der Waals surface area contributed by atoms with Gasteiger partial charge in [-0.3, -0.25) is 0 Å². The van der Waals surface area contributed by atoms with Crippen LogP contribution in [0.1, 0.15) is 12.2 Å². The Bertz CT molecular complexity index is 839. The highest BCUT2D eigenvalue weighted by atomic mass is 35.5. The zero-order valence-electron chi connectivity index (χ0n) is 13.0. The Hall–Kier alpha value is -2.33. The van der Waals surface area contributed by atoms with Gasteiger partial charge in [0.05, 0.1) is 5.52 Å². The monoisotopic (exact) mass is 326 g/mol. The number of aromatic nitrogens is 3. The average molecular weight is 327 g/mol. The van der Waals surface area contributed by atoms with Crippen LogP contribution in [-0.2, 0) is 0 Å². The van der Waals surface area contributed by atoms with Crippen LogP contribution in [0.15, 0.2) is 48.6 Å². The number of aryl methyl sites for hydroxylation is 1. The lowest BCUT2D eigenvalue weighted by Crippen LogP contribution is -2.28. The van der Waals surface area contributed by atoms with Crippen molar-refractivity contribution in [2.75, 3.05) is 18.0 Å². The number of hydrogen-bond donors (Lipinski definition) is 1. The molecule has 0 unspecified atom stereocenters. The van der Waals surface area contributed by atoms with Gasteiger partial charge in [0.1, 0.15) is 11.3 Å². The SMILES string of the molecule is Cc1nc(N2CC=CCC2)c2[nH]c(-c3ccccc3)cc2n1.Cl. The number of fused-ring (bicyclic) bond motifs is 1. The molecule has 1 N–H and O–H groups in total. The summed E-state index contributed by atoms with van der Waals surface area (Å²) in [5.74, 6) is 1.82. The van der Waals surface area contributed by atoms with Crippen LogP contribution in [0.2, 0.25) is 0 Å². The Balaban J connectivity index is 0.00000156. The summed E-state index contributed by atoms with van der Waals surface area (Å²) >= 11 is 0. The molecule has 1 aliphatic rings. The van der Waals surface area contributed by atoms with Crippen molar-refractivity contribution in [1.29, 1.82) is 0 Å². The van der Waals surface area contributed by atoms with Gasteiger partial charge in [-0.15, -0.1) is 12.4 Å². The second kappa shape index (κ2) is 6.42. The van der Waals surface area contributed by atoms with Crippen molar-refractivity contribution in [3.63, 3.8) is 0 Å². The number of halogens is 1. The van der Waals surface area contributed by atoms with E-state index in [1.54, 1.807) is 0 Å². The fourth-order valence-corrected chi connectivity index (χ4v) is 2.95. The molecule has 0 amide bonds. The largest absolute Gasteiger partial charge is 0.351 e. The maximum atomic E-state index is 4.68. The lowest BCUT2D eigenvalue weighted by molar-refractivity contribution is 0.803. The molecule has 2 aromatic heterocycles. The van der Waals surface area contributed by atoms with E-state index < -0.39 is 0 Å². The van der Waals surface area contributed by atoms with Crippen molar-refractivity contribution < 1.29 is 0 Å². The van der Waals surface area contributed by atoms with Crippen LogP contribution in [-0.4, -0.2) is 28.0 Å². The van der Waals surface area contributed by atoms with Crippen molar-refractivity contribution in [1.82, 2.24) is 15.0 Å². The van der Waals surface area contributed by atoms with Crippen molar-refractivity contribution in [3.8, 4) is 11.3 Å². The number of aromatic amines is 1. The van der Waals surface area contributed by atoms with Crippen molar-refractivity contribution >= 4 is 29.3 Å². The highest BCUT2D eigenvalue weighted by Crippen LogP contribution is 2.29. The summed E-state index contributed by atoms with van der Waals surface area (Å²) in [6.45, 7) is 3.87.